The molecule has 0 aliphatic carbocycles. The first-order chi connectivity index (χ1) is 14.0. The number of hydrogen-bond acceptors (Lipinski definition) is 7. The molecule has 1 aromatic heterocycles. The van der Waals surface area contributed by atoms with Gasteiger partial charge in [0.05, 0.1) is 36.6 Å². The Balaban J connectivity index is 1.95. The lowest BCUT2D eigenvalue weighted by Gasteiger charge is -2.13. The van der Waals surface area contributed by atoms with E-state index in [9.17, 15) is 14.4 Å². The maximum Gasteiger partial charge on any atom is 0.325 e. The van der Waals surface area contributed by atoms with Crippen molar-refractivity contribution < 1.29 is 19.1 Å². The van der Waals surface area contributed by atoms with Gasteiger partial charge in [0.2, 0.25) is 5.91 Å². The molecule has 0 radical (unpaired) electrons. The zero-order valence-corrected chi connectivity index (χ0v) is 16.7. The van der Waals surface area contributed by atoms with E-state index in [1.54, 1.807) is 55.6 Å². The van der Waals surface area contributed by atoms with Crippen LogP contribution in [0.3, 0.4) is 0 Å². The summed E-state index contributed by atoms with van der Waals surface area (Å²) in [4.78, 5) is 40.9. The predicted octanol–water partition coefficient (Wildman–Crippen LogP) is 1.78. The highest BCUT2D eigenvalue weighted by atomic mass is 32.2. The number of esters is 1. The molecular weight excluding hydrogens is 394 g/mol. The highest BCUT2D eigenvalue weighted by molar-refractivity contribution is 7.99. The third kappa shape index (κ3) is 4.75. The minimum absolute atomic E-state index is 0.0159. The molecule has 1 amide bonds. The van der Waals surface area contributed by atoms with Gasteiger partial charge < -0.3 is 14.8 Å². The van der Waals surface area contributed by atoms with Crippen molar-refractivity contribution in [3.8, 4) is 11.4 Å². The number of ether oxygens (including phenoxy) is 2. The number of methoxy groups -OCH3 is 2. The SMILES string of the molecule is COC(=O)CNC(=O)CSc1nc2ccccc2c(=O)n1-c1ccc(OC)cc1. The molecule has 150 valence electrons. The number of thioether (sulfide) groups is 1. The number of nitrogens with one attached hydrogen (secondary N) is 1. The fourth-order valence-electron chi connectivity index (χ4n) is 2.59. The number of rotatable bonds is 7. The summed E-state index contributed by atoms with van der Waals surface area (Å²) >= 11 is 1.10. The summed E-state index contributed by atoms with van der Waals surface area (Å²) in [5.41, 5.74) is 0.907. The van der Waals surface area contributed by atoms with Gasteiger partial charge >= 0.3 is 5.97 Å². The standard InChI is InChI=1S/C20H19N3O5S/c1-27-14-9-7-13(8-10-14)23-19(26)15-5-3-4-6-16(15)22-20(23)29-12-17(24)21-11-18(25)28-2/h3-10H,11-12H2,1-2H3,(H,21,24). The van der Waals surface area contributed by atoms with Gasteiger partial charge in [-0.25, -0.2) is 4.98 Å². The van der Waals surface area contributed by atoms with Crippen LogP contribution >= 0.6 is 11.8 Å². The van der Waals surface area contributed by atoms with E-state index in [1.807, 2.05) is 0 Å². The molecule has 0 aliphatic heterocycles. The first-order valence-electron chi connectivity index (χ1n) is 8.66. The van der Waals surface area contributed by atoms with Crippen molar-refractivity contribution in [3.63, 3.8) is 0 Å². The van der Waals surface area contributed by atoms with Crippen molar-refractivity contribution in [1.29, 1.82) is 0 Å². The monoisotopic (exact) mass is 413 g/mol. The number of fused-ring (bicyclic) bond motifs is 1. The van der Waals surface area contributed by atoms with Crippen molar-refractivity contribution in [2.45, 2.75) is 5.16 Å². The van der Waals surface area contributed by atoms with E-state index in [2.05, 4.69) is 15.0 Å². The van der Waals surface area contributed by atoms with Gasteiger partial charge in [-0.15, -0.1) is 0 Å². The molecule has 0 atom stereocenters. The van der Waals surface area contributed by atoms with E-state index in [0.717, 1.165) is 11.8 Å². The number of carbonyl (C=O) groups is 2. The van der Waals surface area contributed by atoms with Crippen molar-refractivity contribution in [1.82, 2.24) is 14.9 Å². The van der Waals surface area contributed by atoms with E-state index < -0.39 is 5.97 Å². The molecule has 3 rings (SSSR count). The second kappa shape index (κ2) is 9.24. The summed E-state index contributed by atoms with van der Waals surface area (Å²) in [6.07, 6.45) is 0. The molecule has 0 fully saturated rings. The molecule has 0 spiro atoms. The summed E-state index contributed by atoms with van der Waals surface area (Å²) in [6, 6.07) is 14.0. The topological polar surface area (TPSA) is 99.5 Å². The van der Waals surface area contributed by atoms with Crippen molar-refractivity contribution >= 4 is 34.5 Å². The van der Waals surface area contributed by atoms with E-state index in [1.165, 1.54) is 11.7 Å². The predicted molar refractivity (Wildman–Crippen MR) is 110 cm³/mol. The molecule has 29 heavy (non-hydrogen) atoms. The van der Waals surface area contributed by atoms with Crippen LogP contribution in [0.25, 0.3) is 16.6 Å². The third-order valence-corrected chi connectivity index (χ3v) is 5.00. The molecule has 1 N–H and O–H groups in total. The van der Waals surface area contributed by atoms with Crippen molar-refractivity contribution in [2.24, 2.45) is 0 Å². The summed E-state index contributed by atoms with van der Waals surface area (Å²) in [5, 5.41) is 3.31. The Hall–Kier alpha value is -3.33. The van der Waals surface area contributed by atoms with E-state index in [-0.39, 0.29) is 23.8 Å². The molecular formula is C20H19N3O5S. The summed E-state index contributed by atoms with van der Waals surface area (Å²) in [5.74, 6) is -0.267. The van der Waals surface area contributed by atoms with Gasteiger partial charge in [-0.05, 0) is 36.4 Å². The van der Waals surface area contributed by atoms with Crippen LogP contribution in [-0.4, -0.2) is 47.9 Å². The average molecular weight is 413 g/mol. The lowest BCUT2D eigenvalue weighted by molar-refractivity contribution is -0.140. The van der Waals surface area contributed by atoms with Gasteiger partial charge in [-0.1, -0.05) is 23.9 Å². The first-order valence-corrected chi connectivity index (χ1v) is 9.64. The van der Waals surface area contributed by atoms with Gasteiger partial charge in [0, 0.05) is 0 Å². The van der Waals surface area contributed by atoms with Crippen LogP contribution < -0.4 is 15.6 Å². The van der Waals surface area contributed by atoms with Crippen LogP contribution in [0.4, 0.5) is 0 Å². The first kappa shape index (κ1) is 20.4. The fourth-order valence-corrected chi connectivity index (χ4v) is 3.43. The van der Waals surface area contributed by atoms with Crippen molar-refractivity contribution in [2.75, 3.05) is 26.5 Å². The Bertz CT molecular complexity index is 1100. The second-order valence-corrected chi connectivity index (χ2v) is 6.83. The molecule has 0 aliphatic rings. The van der Waals surface area contributed by atoms with Crippen LogP contribution in [0.2, 0.25) is 0 Å². The van der Waals surface area contributed by atoms with Crippen LogP contribution in [0.1, 0.15) is 0 Å². The maximum absolute atomic E-state index is 13.1. The van der Waals surface area contributed by atoms with Crippen LogP contribution in [-0.2, 0) is 14.3 Å². The van der Waals surface area contributed by atoms with Crippen LogP contribution in [0.5, 0.6) is 5.75 Å². The number of benzene rings is 2. The lowest BCUT2D eigenvalue weighted by Crippen LogP contribution is -2.31. The summed E-state index contributed by atoms with van der Waals surface area (Å²) < 4.78 is 11.1. The van der Waals surface area contributed by atoms with E-state index >= 15 is 0 Å². The molecule has 0 unspecified atom stereocenters. The molecule has 9 heteroatoms. The number of nitrogens with zero attached hydrogens (tertiary/aromatic N) is 2. The van der Waals surface area contributed by atoms with Gasteiger partial charge in [0.15, 0.2) is 5.16 Å². The maximum atomic E-state index is 13.1. The Morgan fingerprint density at radius 1 is 1.10 bits per heavy atom. The minimum atomic E-state index is -0.540. The van der Waals surface area contributed by atoms with Crippen LogP contribution in [0, 0.1) is 0 Å². The zero-order valence-electron chi connectivity index (χ0n) is 15.9. The molecule has 2 aromatic carbocycles. The second-order valence-electron chi connectivity index (χ2n) is 5.89. The van der Waals surface area contributed by atoms with Gasteiger partial charge in [0.1, 0.15) is 12.3 Å². The Morgan fingerprint density at radius 2 is 1.83 bits per heavy atom. The van der Waals surface area contributed by atoms with E-state index in [4.69, 9.17) is 4.74 Å². The Kier molecular flexibility index (Phi) is 6.50. The number of para-hydroxylation sites is 1. The Labute approximate surface area is 170 Å². The highest BCUT2D eigenvalue weighted by Crippen LogP contribution is 2.22. The van der Waals surface area contributed by atoms with Gasteiger partial charge in [-0.2, -0.15) is 0 Å². The normalized spacial score (nSPS) is 10.6. The van der Waals surface area contributed by atoms with Crippen molar-refractivity contribution in [3.05, 3.63) is 58.9 Å². The zero-order chi connectivity index (χ0) is 20.8. The summed E-state index contributed by atoms with van der Waals surface area (Å²) in [7, 11) is 2.81. The number of amides is 1. The smallest absolute Gasteiger partial charge is 0.325 e. The fraction of sp³-hybridized carbons (Fsp3) is 0.200. The number of aromatic nitrogens is 2. The van der Waals surface area contributed by atoms with Crippen LogP contribution in [0.15, 0.2) is 58.5 Å². The molecule has 3 aromatic rings. The number of carbonyl (C=O) groups excluding carboxylic acids is 2. The highest BCUT2D eigenvalue weighted by Gasteiger charge is 2.15. The summed E-state index contributed by atoms with van der Waals surface area (Å²) in [6.45, 7) is -0.216. The minimum Gasteiger partial charge on any atom is -0.497 e. The molecule has 8 nitrogen and oxygen atoms in total. The Morgan fingerprint density at radius 3 is 2.52 bits per heavy atom. The molecule has 0 saturated carbocycles. The average Bonchev–Trinajstić information content (AvgIpc) is 2.76. The van der Waals surface area contributed by atoms with E-state index in [0.29, 0.717) is 27.5 Å². The largest absolute Gasteiger partial charge is 0.497 e. The molecule has 0 bridgehead atoms. The number of hydrogen-bond donors (Lipinski definition) is 1. The third-order valence-electron chi connectivity index (χ3n) is 4.07. The quantitative estimate of drug-likeness (QED) is 0.358. The lowest BCUT2D eigenvalue weighted by atomic mass is 10.2. The van der Waals surface area contributed by atoms with Gasteiger partial charge in [0.25, 0.3) is 5.56 Å². The molecule has 1 heterocycles. The molecule has 0 saturated heterocycles. The van der Waals surface area contributed by atoms with Gasteiger partial charge in [-0.3, -0.25) is 19.0 Å².